The maximum Gasteiger partial charge on any atom is 0.412 e. The molecule has 6 nitrogen and oxygen atoms in total. The van der Waals surface area contributed by atoms with Crippen LogP contribution in [0.15, 0.2) is 35.0 Å². The number of ether oxygens (including phenoxy) is 1. The smallest absolute Gasteiger partial charge is 0.412 e. The molecule has 8 heteroatoms. The molecule has 0 aliphatic carbocycles. The van der Waals surface area contributed by atoms with Gasteiger partial charge in [-0.2, -0.15) is 11.3 Å². The van der Waals surface area contributed by atoms with Crippen molar-refractivity contribution in [1.82, 2.24) is 0 Å². The first kappa shape index (κ1) is 20.3. The van der Waals surface area contributed by atoms with Crippen molar-refractivity contribution in [2.24, 2.45) is 5.92 Å². The Morgan fingerprint density at radius 1 is 1.36 bits per heavy atom. The molecule has 4 heterocycles. The largest absolute Gasteiger partial charge is 0.554 e. The Bertz CT molecular complexity index is 820. The summed E-state index contributed by atoms with van der Waals surface area (Å²) in [4.78, 5) is 20.7. The third kappa shape index (κ3) is 4.69. The van der Waals surface area contributed by atoms with Crippen molar-refractivity contribution < 1.29 is 28.3 Å². The fraction of sp³-hybridized carbons (Fsp3) is 0.400. The maximum absolute atomic E-state index is 13.7. The SMILES string of the molecule is C[N+]12CCC(CC1)[C@@H](OC(=O)Nc1ccc(F)cc1-c1ccsc1)C2.O=C[O-]. The molecule has 3 aliphatic heterocycles. The number of amides is 1. The molecular weight excluding hydrogens is 383 g/mol. The number of hydrogen-bond donors (Lipinski definition) is 1. The Morgan fingerprint density at radius 2 is 2.07 bits per heavy atom. The molecule has 2 bridgehead atoms. The number of carboxylic acid groups (broad SMARTS) is 1. The second-order valence-electron chi connectivity index (χ2n) is 7.45. The number of fused-ring (bicyclic) bond motifs is 3. The minimum absolute atomic E-state index is 0.0301. The summed E-state index contributed by atoms with van der Waals surface area (Å²) in [5.41, 5.74) is 2.14. The molecule has 0 saturated carbocycles. The van der Waals surface area contributed by atoms with E-state index in [4.69, 9.17) is 14.6 Å². The molecule has 3 fully saturated rings. The quantitative estimate of drug-likeness (QED) is 0.628. The van der Waals surface area contributed by atoms with Crippen molar-refractivity contribution in [2.45, 2.75) is 18.9 Å². The van der Waals surface area contributed by atoms with E-state index < -0.39 is 12.6 Å². The average Bonchev–Trinajstić information content (AvgIpc) is 3.18. The highest BCUT2D eigenvalue weighted by atomic mass is 32.1. The zero-order chi connectivity index (χ0) is 20.1. The van der Waals surface area contributed by atoms with E-state index in [9.17, 15) is 9.18 Å². The van der Waals surface area contributed by atoms with Crippen LogP contribution in [0, 0.1) is 11.7 Å². The molecule has 3 saturated heterocycles. The van der Waals surface area contributed by atoms with Crippen LogP contribution in [0.1, 0.15) is 12.8 Å². The number of hydrogen-bond acceptors (Lipinski definition) is 5. The van der Waals surface area contributed by atoms with Crippen LogP contribution >= 0.6 is 11.3 Å². The Hall–Kier alpha value is -2.45. The number of quaternary nitrogens is 1. The van der Waals surface area contributed by atoms with Gasteiger partial charge in [0.25, 0.3) is 0 Å². The average molecular weight is 406 g/mol. The topological polar surface area (TPSA) is 78.5 Å². The molecule has 5 rings (SSSR count). The van der Waals surface area contributed by atoms with Gasteiger partial charge in [0.2, 0.25) is 0 Å². The highest BCUT2D eigenvalue weighted by Gasteiger charge is 2.45. The van der Waals surface area contributed by atoms with Crippen LogP contribution in [0.2, 0.25) is 0 Å². The molecule has 0 radical (unpaired) electrons. The number of halogens is 1. The number of thiophene rings is 1. The number of anilines is 1. The summed E-state index contributed by atoms with van der Waals surface area (Å²) >= 11 is 1.54. The molecule has 150 valence electrons. The zero-order valence-corrected chi connectivity index (χ0v) is 16.4. The minimum atomic E-state index is -0.500. The van der Waals surface area contributed by atoms with Crippen molar-refractivity contribution in [3.8, 4) is 11.1 Å². The number of rotatable bonds is 3. The van der Waals surface area contributed by atoms with Crippen molar-refractivity contribution in [1.29, 1.82) is 0 Å². The van der Waals surface area contributed by atoms with E-state index in [1.807, 2.05) is 16.8 Å². The fourth-order valence-electron chi connectivity index (χ4n) is 4.04. The number of nitrogens with zero attached hydrogens (tertiary/aromatic N) is 1. The van der Waals surface area contributed by atoms with E-state index >= 15 is 0 Å². The summed E-state index contributed by atoms with van der Waals surface area (Å²) in [5.74, 6) is 0.144. The predicted molar refractivity (Wildman–Crippen MR) is 103 cm³/mol. The first-order valence-electron chi connectivity index (χ1n) is 9.13. The molecule has 3 aliphatic rings. The van der Waals surface area contributed by atoms with Gasteiger partial charge in [0.05, 0.1) is 25.8 Å². The summed E-state index contributed by atoms with van der Waals surface area (Å²) < 4.78 is 20.4. The van der Waals surface area contributed by atoms with Gasteiger partial charge in [-0.3, -0.25) is 5.32 Å². The normalized spacial score (nSPS) is 25.4. The number of carbonyl (C=O) groups is 2. The first-order chi connectivity index (χ1) is 13.4. The van der Waals surface area contributed by atoms with Crippen LogP contribution < -0.4 is 10.4 Å². The van der Waals surface area contributed by atoms with Crippen LogP contribution in [0.4, 0.5) is 14.9 Å². The van der Waals surface area contributed by atoms with Gasteiger partial charge in [-0.25, -0.2) is 9.18 Å². The minimum Gasteiger partial charge on any atom is -0.554 e. The molecule has 1 aromatic heterocycles. The number of nitrogens with one attached hydrogen (secondary N) is 1. The lowest BCUT2D eigenvalue weighted by atomic mass is 9.84. The summed E-state index contributed by atoms with van der Waals surface area (Å²) in [6, 6.07) is 6.30. The van der Waals surface area contributed by atoms with Crippen molar-refractivity contribution in [3.05, 3.63) is 40.8 Å². The number of benzene rings is 1. The molecule has 2 aromatic rings. The zero-order valence-electron chi connectivity index (χ0n) is 15.6. The van der Waals surface area contributed by atoms with Gasteiger partial charge in [-0.05, 0) is 40.6 Å². The summed E-state index contributed by atoms with van der Waals surface area (Å²) in [7, 11) is 2.23. The third-order valence-electron chi connectivity index (χ3n) is 5.53. The van der Waals surface area contributed by atoms with Crippen LogP contribution in [-0.2, 0) is 9.53 Å². The number of likely N-dealkylation sites (N-methyl/N-ethyl adjacent to an activating group) is 1. The Morgan fingerprint density at radius 3 is 2.68 bits per heavy atom. The lowest BCUT2D eigenvalue weighted by molar-refractivity contribution is -0.928. The molecule has 1 aromatic carbocycles. The van der Waals surface area contributed by atoms with Crippen molar-refractivity contribution in [2.75, 3.05) is 32.0 Å². The van der Waals surface area contributed by atoms with E-state index in [2.05, 4.69) is 12.4 Å². The summed E-state index contributed by atoms with van der Waals surface area (Å²) in [6.07, 6.45) is 1.75. The Labute approximate surface area is 167 Å². The second-order valence-corrected chi connectivity index (χ2v) is 8.23. The van der Waals surface area contributed by atoms with Gasteiger partial charge in [-0.1, -0.05) is 0 Å². The lowest BCUT2D eigenvalue weighted by Crippen LogP contribution is -2.62. The van der Waals surface area contributed by atoms with Crippen LogP contribution in [0.3, 0.4) is 0 Å². The fourth-order valence-corrected chi connectivity index (χ4v) is 4.70. The second kappa shape index (κ2) is 8.70. The van der Waals surface area contributed by atoms with E-state index in [0.29, 0.717) is 17.2 Å². The van der Waals surface area contributed by atoms with Gasteiger partial charge in [0.15, 0.2) is 6.10 Å². The Kier molecular flexibility index (Phi) is 6.31. The maximum atomic E-state index is 13.7. The monoisotopic (exact) mass is 406 g/mol. The van der Waals surface area contributed by atoms with Gasteiger partial charge in [0, 0.05) is 30.8 Å². The number of piperidine rings is 3. The van der Waals surface area contributed by atoms with Gasteiger partial charge in [0.1, 0.15) is 12.4 Å². The van der Waals surface area contributed by atoms with Crippen molar-refractivity contribution in [3.63, 3.8) is 0 Å². The summed E-state index contributed by atoms with van der Waals surface area (Å²) in [6.45, 7) is 2.73. The third-order valence-corrected chi connectivity index (χ3v) is 6.22. The van der Waals surface area contributed by atoms with Gasteiger partial charge in [-0.15, -0.1) is 0 Å². The highest BCUT2D eigenvalue weighted by molar-refractivity contribution is 7.08. The lowest BCUT2D eigenvalue weighted by Gasteiger charge is -2.49. The van der Waals surface area contributed by atoms with Crippen LogP contribution in [-0.4, -0.2) is 49.8 Å². The predicted octanol–water partition coefficient (Wildman–Crippen LogP) is 2.71. The molecule has 0 spiro atoms. The Balaban J connectivity index is 0.000000706. The molecule has 1 amide bonds. The molecular formula is C20H23FN2O4S. The van der Waals surface area contributed by atoms with E-state index in [1.54, 1.807) is 6.07 Å². The van der Waals surface area contributed by atoms with Crippen molar-refractivity contribution >= 4 is 29.6 Å². The standard InChI is InChI=1S/C19H21FN2O2S.CH2O2/c1-22-7-4-13(5-8-22)18(11-22)24-19(23)21-17-3-2-15(20)10-16(17)14-6-9-25-12-14;2-1-3/h2-3,6,9-10,12-13,18H,4-5,7-8,11H2,1H3;1H,(H,2,3)/t13?,18-,22?;/m0./s1. The first-order valence-corrected chi connectivity index (χ1v) is 10.1. The van der Waals surface area contributed by atoms with E-state index in [1.165, 1.54) is 36.6 Å². The molecule has 0 unspecified atom stereocenters. The van der Waals surface area contributed by atoms with E-state index in [0.717, 1.165) is 29.4 Å². The highest BCUT2D eigenvalue weighted by Crippen LogP contribution is 2.35. The molecule has 28 heavy (non-hydrogen) atoms. The molecule has 1 N–H and O–H groups in total. The number of carbonyl (C=O) groups excluding carboxylic acids is 2. The van der Waals surface area contributed by atoms with E-state index in [-0.39, 0.29) is 11.9 Å². The molecule has 1 atom stereocenters. The van der Waals surface area contributed by atoms with Gasteiger partial charge >= 0.3 is 6.09 Å². The van der Waals surface area contributed by atoms with Crippen LogP contribution in [0.25, 0.3) is 11.1 Å². The van der Waals surface area contributed by atoms with Crippen LogP contribution in [0.5, 0.6) is 0 Å². The summed E-state index contributed by atoms with van der Waals surface area (Å²) in [5, 5.41) is 14.9. The van der Waals surface area contributed by atoms with Gasteiger partial charge < -0.3 is 19.1 Å².